The number of hydrogen-bond donors (Lipinski definition) is 2. The maximum absolute atomic E-state index is 14.3. The van der Waals surface area contributed by atoms with E-state index in [0.717, 1.165) is 17.5 Å². The molecule has 154 valence electrons. The van der Waals surface area contributed by atoms with Crippen molar-refractivity contribution in [1.82, 2.24) is 10.3 Å². The minimum atomic E-state index is -1.06. The molecule has 0 unspecified atom stereocenters. The Balaban J connectivity index is 1.48. The van der Waals surface area contributed by atoms with Gasteiger partial charge in [0.05, 0.1) is 29.5 Å². The molecular weight excluding hydrogens is 383 g/mol. The van der Waals surface area contributed by atoms with Crippen LogP contribution in [0.4, 0.5) is 4.39 Å². The molecule has 1 amide bonds. The zero-order chi connectivity index (χ0) is 20.5. The van der Waals surface area contributed by atoms with Gasteiger partial charge in [0, 0.05) is 25.1 Å². The molecule has 0 bridgehead atoms. The molecule has 0 spiro atoms. The molecule has 1 aromatic heterocycles. The zero-order valence-corrected chi connectivity index (χ0v) is 17.4. The van der Waals surface area contributed by atoms with Gasteiger partial charge in [-0.3, -0.25) is 4.79 Å². The minimum Gasteiger partial charge on any atom is -0.490 e. The zero-order valence-electron chi connectivity index (χ0n) is 16.6. The summed E-state index contributed by atoms with van der Waals surface area (Å²) >= 11 is 1.34. The normalized spacial score (nSPS) is 20.6. The first kappa shape index (κ1) is 21.0. The van der Waals surface area contributed by atoms with Gasteiger partial charge >= 0.3 is 0 Å². The fourth-order valence-corrected chi connectivity index (χ4v) is 4.10. The van der Waals surface area contributed by atoms with Crippen molar-refractivity contribution in [3.63, 3.8) is 0 Å². The average Bonchev–Trinajstić information content (AvgIpc) is 2.95. The van der Waals surface area contributed by atoms with E-state index in [-0.39, 0.29) is 23.8 Å². The van der Waals surface area contributed by atoms with Gasteiger partial charge in [0.1, 0.15) is 10.6 Å². The Hall–Kier alpha value is -1.77. The number of hydrogen-bond acceptors (Lipinski definition) is 6. The molecule has 1 fully saturated rings. The predicted molar refractivity (Wildman–Crippen MR) is 106 cm³/mol. The van der Waals surface area contributed by atoms with Gasteiger partial charge in [0.25, 0.3) is 0 Å². The third-order valence-corrected chi connectivity index (χ3v) is 6.00. The van der Waals surface area contributed by atoms with Crippen LogP contribution in [0.25, 0.3) is 10.2 Å². The average molecular weight is 411 g/mol. The van der Waals surface area contributed by atoms with Crippen molar-refractivity contribution in [3.8, 4) is 5.75 Å². The second-order valence-electron chi connectivity index (χ2n) is 8.03. The van der Waals surface area contributed by atoms with Crippen LogP contribution < -0.4 is 10.1 Å². The molecular formula is C20H27FN2O4S. The molecule has 1 heterocycles. The van der Waals surface area contributed by atoms with Gasteiger partial charge in [0.2, 0.25) is 5.91 Å². The number of carbonyl (C=O) groups excluding carboxylic acids is 1. The van der Waals surface area contributed by atoms with Gasteiger partial charge in [-0.15, -0.1) is 11.3 Å². The number of nitrogens with zero attached hydrogens (tertiary/aromatic N) is 1. The highest BCUT2D eigenvalue weighted by atomic mass is 32.1. The van der Waals surface area contributed by atoms with Crippen molar-refractivity contribution in [2.24, 2.45) is 5.92 Å². The van der Waals surface area contributed by atoms with Crippen LogP contribution in [-0.4, -0.2) is 41.4 Å². The lowest BCUT2D eigenvalue weighted by molar-refractivity contribution is -0.120. The van der Waals surface area contributed by atoms with Crippen molar-refractivity contribution < 1.29 is 23.8 Å². The van der Waals surface area contributed by atoms with Crippen LogP contribution in [0, 0.1) is 11.7 Å². The van der Waals surface area contributed by atoms with E-state index < -0.39 is 11.4 Å². The number of carbonyl (C=O) groups is 1. The van der Waals surface area contributed by atoms with Crippen molar-refractivity contribution in [2.75, 3.05) is 13.2 Å². The van der Waals surface area contributed by atoms with Crippen LogP contribution in [-0.2, 0) is 15.1 Å². The molecule has 1 aliphatic rings. The standard InChI is InChI=1S/C20H27FN2O4S/c1-11(22-12(2)24)9-26-14-5-13(6-14)10-27-17-8-18-16(7-15(17)21)23-19(28-18)20(3,4)25/h7-8,11,13-14,25H,5-6,9-10H2,1-4H3,(H,22,24)/t11-,13?,14?/m0/s1. The Kier molecular flexibility index (Phi) is 6.21. The molecule has 1 aromatic carbocycles. The van der Waals surface area contributed by atoms with Gasteiger partial charge in [0.15, 0.2) is 11.6 Å². The number of thiazole rings is 1. The summed E-state index contributed by atoms with van der Waals surface area (Å²) in [5.41, 5.74) is -0.531. The number of halogens is 1. The molecule has 1 atom stereocenters. The summed E-state index contributed by atoms with van der Waals surface area (Å²) in [5, 5.41) is 13.4. The molecule has 28 heavy (non-hydrogen) atoms. The lowest BCUT2D eigenvalue weighted by Gasteiger charge is -2.35. The molecule has 6 nitrogen and oxygen atoms in total. The van der Waals surface area contributed by atoms with Crippen molar-refractivity contribution in [1.29, 1.82) is 0 Å². The fraction of sp³-hybridized carbons (Fsp3) is 0.600. The Morgan fingerprint density at radius 2 is 2.18 bits per heavy atom. The third kappa shape index (κ3) is 5.18. The number of amides is 1. The number of aromatic nitrogens is 1. The Morgan fingerprint density at radius 3 is 2.82 bits per heavy atom. The van der Waals surface area contributed by atoms with Crippen molar-refractivity contribution in [2.45, 2.75) is 58.3 Å². The number of benzene rings is 1. The van der Waals surface area contributed by atoms with Gasteiger partial charge in [-0.2, -0.15) is 0 Å². The summed E-state index contributed by atoms with van der Waals surface area (Å²) in [5.74, 6) is 0.0219. The summed E-state index contributed by atoms with van der Waals surface area (Å²) < 4.78 is 26.6. The van der Waals surface area contributed by atoms with E-state index >= 15 is 0 Å². The van der Waals surface area contributed by atoms with Gasteiger partial charge in [-0.1, -0.05) is 0 Å². The maximum Gasteiger partial charge on any atom is 0.217 e. The van der Waals surface area contributed by atoms with Crippen molar-refractivity contribution in [3.05, 3.63) is 23.0 Å². The quantitative estimate of drug-likeness (QED) is 0.698. The SMILES string of the molecule is CC(=O)N[C@@H](C)COC1CC(COc2cc3sc(C(C)(C)O)nc3cc2F)C1. The van der Waals surface area contributed by atoms with Crippen LogP contribution in [0.5, 0.6) is 5.75 Å². The molecule has 0 aliphatic heterocycles. The molecule has 2 N–H and O–H groups in total. The van der Waals surface area contributed by atoms with E-state index in [1.54, 1.807) is 19.9 Å². The Labute approximate surface area is 168 Å². The molecule has 0 saturated heterocycles. The number of ether oxygens (including phenoxy) is 2. The molecule has 0 radical (unpaired) electrons. The molecule has 8 heteroatoms. The van der Waals surface area contributed by atoms with Gasteiger partial charge < -0.3 is 19.9 Å². The van der Waals surface area contributed by atoms with Crippen LogP contribution in [0.3, 0.4) is 0 Å². The van der Waals surface area contributed by atoms with Crippen LogP contribution >= 0.6 is 11.3 Å². The van der Waals surface area contributed by atoms with Gasteiger partial charge in [-0.05, 0) is 39.5 Å². The third-order valence-electron chi connectivity index (χ3n) is 4.66. The van der Waals surface area contributed by atoms with Crippen LogP contribution in [0.15, 0.2) is 12.1 Å². The first-order valence-electron chi connectivity index (χ1n) is 9.46. The highest BCUT2D eigenvalue weighted by Gasteiger charge is 2.31. The first-order valence-corrected chi connectivity index (χ1v) is 10.3. The second-order valence-corrected chi connectivity index (χ2v) is 9.06. The summed E-state index contributed by atoms with van der Waals surface area (Å²) in [6.45, 7) is 7.62. The van der Waals surface area contributed by atoms with E-state index in [2.05, 4.69) is 10.3 Å². The van der Waals surface area contributed by atoms with E-state index in [4.69, 9.17) is 9.47 Å². The summed E-state index contributed by atoms with van der Waals surface area (Å²) in [6.07, 6.45) is 1.88. The number of aliphatic hydroxyl groups is 1. The summed E-state index contributed by atoms with van der Waals surface area (Å²) in [4.78, 5) is 15.3. The first-order chi connectivity index (χ1) is 13.1. The number of fused-ring (bicyclic) bond motifs is 1. The summed E-state index contributed by atoms with van der Waals surface area (Å²) in [6, 6.07) is 2.99. The van der Waals surface area contributed by atoms with Crippen molar-refractivity contribution >= 4 is 27.5 Å². The second kappa shape index (κ2) is 8.31. The Bertz CT molecular complexity index is 843. The van der Waals surface area contributed by atoms with Crippen LogP contribution in [0.2, 0.25) is 0 Å². The van der Waals surface area contributed by atoms with E-state index in [9.17, 15) is 14.3 Å². The lowest BCUT2D eigenvalue weighted by atomic mass is 9.83. The lowest BCUT2D eigenvalue weighted by Crippen LogP contribution is -2.40. The van der Waals surface area contributed by atoms with E-state index in [0.29, 0.717) is 29.7 Å². The smallest absolute Gasteiger partial charge is 0.217 e. The largest absolute Gasteiger partial charge is 0.490 e. The maximum atomic E-state index is 14.3. The molecule has 1 saturated carbocycles. The molecule has 3 rings (SSSR count). The van der Waals surface area contributed by atoms with E-state index in [1.807, 2.05) is 6.92 Å². The molecule has 1 aliphatic carbocycles. The Morgan fingerprint density at radius 1 is 1.46 bits per heavy atom. The molecule has 2 aromatic rings. The van der Waals surface area contributed by atoms with Crippen LogP contribution in [0.1, 0.15) is 45.5 Å². The number of rotatable bonds is 8. The highest BCUT2D eigenvalue weighted by Crippen LogP contribution is 2.35. The van der Waals surface area contributed by atoms with Gasteiger partial charge in [-0.25, -0.2) is 9.37 Å². The minimum absolute atomic E-state index is 0.0122. The summed E-state index contributed by atoms with van der Waals surface area (Å²) in [7, 11) is 0. The monoisotopic (exact) mass is 410 g/mol. The topological polar surface area (TPSA) is 80.7 Å². The number of nitrogens with one attached hydrogen (secondary N) is 1. The predicted octanol–water partition coefficient (Wildman–Crippen LogP) is 3.36. The fourth-order valence-electron chi connectivity index (χ4n) is 3.13. The van der Waals surface area contributed by atoms with E-state index in [1.165, 1.54) is 24.3 Å². The highest BCUT2D eigenvalue weighted by molar-refractivity contribution is 7.18.